The Labute approximate surface area is 148 Å². The van der Waals surface area contributed by atoms with Crippen LogP contribution in [0.3, 0.4) is 0 Å². The van der Waals surface area contributed by atoms with Gasteiger partial charge in [-0.15, -0.1) is 0 Å². The van der Waals surface area contributed by atoms with Crippen LogP contribution < -0.4 is 5.32 Å². The Balaban J connectivity index is 1.77. The molecule has 1 fully saturated rings. The first-order valence-corrected chi connectivity index (χ1v) is 9.28. The molecule has 130 valence electrons. The molecule has 0 unspecified atom stereocenters. The van der Waals surface area contributed by atoms with Crippen LogP contribution in [0.15, 0.2) is 30.3 Å². The second kappa shape index (κ2) is 6.82. The number of rotatable bonds is 3. The molecule has 2 aromatic heterocycles. The molecule has 0 aliphatic heterocycles. The van der Waals surface area contributed by atoms with Crippen LogP contribution in [-0.4, -0.2) is 25.8 Å². The van der Waals surface area contributed by atoms with Crippen molar-refractivity contribution in [3.05, 3.63) is 41.7 Å². The van der Waals surface area contributed by atoms with Crippen molar-refractivity contribution in [1.29, 1.82) is 0 Å². The van der Waals surface area contributed by atoms with Gasteiger partial charge in [0.1, 0.15) is 5.82 Å². The SMILES string of the molecule is Cc1cc(C)n(-c2nc(NC3CCCCCC3)c3ccccc3n2)n1. The van der Waals surface area contributed by atoms with E-state index in [-0.39, 0.29) is 0 Å². The first kappa shape index (κ1) is 16.1. The standard InChI is InChI=1S/C20H25N5/c1-14-13-15(2)25(24-14)20-22-18-12-8-7-11-17(18)19(23-20)21-16-9-5-3-4-6-10-16/h7-8,11-13,16H,3-6,9-10H2,1-2H3,(H,21,22,23). The smallest absolute Gasteiger partial charge is 0.253 e. The molecule has 0 radical (unpaired) electrons. The fraction of sp³-hybridized carbons (Fsp3) is 0.450. The lowest BCUT2D eigenvalue weighted by molar-refractivity contribution is 0.617. The number of hydrogen-bond acceptors (Lipinski definition) is 4. The minimum atomic E-state index is 0.495. The summed E-state index contributed by atoms with van der Waals surface area (Å²) in [5, 5.41) is 9.34. The second-order valence-electron chi connectivity index (χ2n) is 7.06. The molecule has 3 aromatic rings. The highest BCUT2D eigenvalue weighted by molar-refractivity contribution is 5.89. The highest BCUT2D eigenvalue weighted by atomic mass is 15.4. The minimum Gasteiger partial charge on any atom is -0.367 e. The molecular weight excluding hydrogens is 310 g/mol. The molecule has 0 spiro atoms. The molecule has 1 aromatic carbocycles. The van der Waals surface area contributed by atoms with Gasteiger partial charge < -0.3 is 5.32 Å². The first-order chi connectivity index (χ1) is 12.2. The maximum absolute atomic E-state index is 4.85. The summed E-state index contributed by atoms with van der Waals surface area (Å²) in [4.78, 5) is 9.59. The molecule has 0 atom stereocenters. The van der Waals surface area contributed by atoms with Crippen LogP contribution in [0.4, 0.5) is 5.82 Å². The van der Waals surface area contributed by atoms with Gasteiger partial charge in [0.25, 0.3) is 5.95 Å². The Kier molecular flexibility index (Phi) is 4.38. The molecule has 5 nitrogen and oxygen atoms in total. The van der Waals surface area contributed by atoms with Crippen LogP contribution in [0.1, 0.15) is 49.9 Å². The Morgan fingerprint density at radius 1 is 1.00 bits per heavy atom. The summed E-state index contributed by atoms with van der Waals surface area (Å²) in [5.74, 6) is 1.57. The van der Waals surface area contributed by atoms with Gasteiger partial charge in [0.05, 0.1) is 11.2 Å². The normalized spacial score (nSPS) is 16.1. The zero-order valence-electron chi connectivity index (χ0n) is 15.0. The number of anilines is 1. The van der Waals surface area contributed by atoms with Gasteiger partial charge in [-0.2, -0.15) is 10.1 Å². The van der Waals surface area contributed by atoms with Crippen molar-refractivity contribution in [3.63, 3.8) is 0 Å². The number of aryl methyl sites for hydroxylation is 2. The van der Waals surface area contributed by atoms with E-state index >= 15 is 0 Å². The van der Waals surface area contributed by atoms with Gasteiger partial charge in [0.2, 0.25) is 0 Å². The van der Waals surface area contributed by atoms with E-state index in [4.69, 9.17) is 9.97 Å². The van der Waals surface area contributed by atoms with Gasteiger partial charge in [-0.05, 0) is 44.9 Å². The first-order valence-electron chi connectivity index (χ1n) is 9.28. The number of benzene rings is 1. The van der Waals surface area contributed by atoms with Gasteiger partial charge >= 0.3 is 0 Å². The molecule has 1 aliphatic rings. The molecule has 2 heterocycles. The summed E-state index contributed by atoms with van der Waals surface area (Å²) in [6.45, 7) is 4.03. The molecule has 1 aliphatic carbocycles. The van der Waals surface area contributed by atoms with Crippen molar-refractivity contribution in [3.8, 4) is 5.95 Å². The van der Waals surface area contributed by atoms with Crippen molar-refractivity contribution in [2.24, 2.45) is 0 Å². The van der Waals surface area contributed by atoms with E-state index in [0.29, 0.717) is 12.0 Å². The van der Waals surface area contributed by atoms with Crippen LogP contribution in [0, 0.1) is 13.8 Å². The predicted octanol–water partition coefficient (Wildman–Crippen LogP) is 4.57. The maximum Gasteiger partial charge on any atom is 0.253 e. The second-order valence-corrected chi connectivity index (χ2v) is 7.06. The Bertz CT molecular complexity index is 875. The van der Waals surface area contributed by atoms with Gasteiger partial charge in [0, 0.05) is 17.1 Å². The quantitative estimate of drug-likeness (QED) is 0.713. The van der Waals surface area contributed by atoms with E-state index in [1.807, 2.05) is 36.7 Å². The fourth-order valence-electron chi connectivity index (χ4n) is 3.72. The highest BCUT2D eigenvalue weighted by Crippen LogP contribution is 2.26. The monoisotopic (exact) mass is 335 g/mol. The van der Waals surface area contributed by atoms with Gasteiger partial charge in [-0.25, -0.2) is 9.67 Å². The van der Waals surface area contributed by atoms with Crippen molar-refractivity contribution in [2.75, 3.05) is 5.32 Å². The minimum absolute atomic E-state index is 0.495. The number of hydrogen-bond donors (Lipinski definition) is 1. The van der Waals surface area contributed by atoms with E-state index in [1.54, 1.807) is 0 Å². The molecule has 0 saturated heterocycles. The van der Waals surface area contributed by atoms with Crippen LogP contribution in [0.2, 0.25) is 0 Å². The van der Waals surface area contributed by atoms with E-state index in [9.17, 15) is 0 Å². The van der Waals surface area contributed by atoms with Gasteiger partial charge in [-0.1, -0.05) is 37.8 Å². The lowest BCUT2D eigenvalue weighted by Crippen LogP contribution is -2.20. The predicted molar refractivity (Wildman–Crippen MR) is 101 cm³/mol. The Morgan fingerprint density at radius 3 is 2.48 bits per heavy atom. The Morgan fingerprint density at radius 2 is 1.76 bits per heavy atom. The largest absolute Gasteiger partial charge is 0.367 e. The third kappa shape index (κ3) is 3.36. The summed E-state index contributed by atoms with van der Waals surface area (Å²) >= 11 is 0. The summed E-state index contributed by atoms with van der Waals surface area (Å²) in [6.07, 6.45) is 7.72. The molecule has 25 heavy (non-hydrogen) atoms. The topological polar surface area (TPSA) is 55.6 Å². The van der Waals surface area contributed by atoms with Crippen molar-refractivity contribution >= 4 is 16.7 Å². The van der Waals surface area contributed by atoms with Crippen LogP contribution in [0.25, 0.3) is 16.9 Å². The van der Waals surface area contributed by atoms with Crippen molar-refractivity contribution in [1.82, 2.24) is 19.7 Å². The average Bonchev–Trinajstić information content (AvgIpc) is 2.80. The number of aromatic nitrogens is 4. The van der Waals surface area contributed by atoms with E-state index in [0.717, 1.165) is 28.1 Å². The van der Waals surface area contributed by atoms with Crippen LogP contribution >= 0.6 is 0 Å². The third-order valence-electron chi connectivity index (χ3n) is 4.99. The van der Waals surface area contributed by atoms with E-state index in [1.165, 1.54) is 38.5 Å². The van der Waals surface area contributed by atoms with Crippen molar-refractivity contribution < 1.29 is 0 Å². The van der Waals surface area contributed by atoms with Gasteiger partial charge in [0.15, 0.2) is 0 Å². The lowest BCUT2D eigenvalue weighted by atomic mass is 10.1. The molecular formula is C20H25N5. The molecule has 0 amide bonds. The molecule has 1 N–H and O–H groups in total. The number of fused-ring (bicyclic) bond motifs is 1. The summed E-state index contributed by atoms with van der Waals surface area (Å²) < 4.78 is 1.83. The molecule has 4 rings (SSSR count). The van der Waals surface area contributed by atoms with Crippen LogP contribution in [-0.2, 0) is 0 Å². The molecule has 5 heteroatoms. The summed E-state index contributed by atoms with van der Waals surface area (Å²) in [6, 6.07) is 10.8. The fourth-order valence-corrected chi connectivity index (χ4v) is 3.72. The lowest BCUT2D eigenvalue weighted by Gasteiger charge is -2.19. The summed E-state index contributed by atoms with van der Waals surface area (Å²) in [7, 11) is 0. The average molecular weight is 335 g/mol. The Hall–Kier alpha value is -2.43. The molecule has 1 saturated carbocycles. The van der Waals surface area contributed by atoms with Gasteiger partial charge in [-0.3, -0.25) is 0 Å². The van der Waals surface area contributed by atoms with Crippen molar-refractivity contribution in [2.45, 2.75) is 58.4 Å². The van der Waals surface area contributed by atoms with E-state index in [2.05, 4.69) is 22.5 Å². The third-order valence-corrected chi connectivity index (χ3v) is 4.99. The summed E-state index contributed by atoms with van der Waals surface area (Å²) in [5.41, 5.74) is 2.98. The van der Waals surface area contributed by atoms with Crippen LogP contribution in [0.5, 0.6) is 0 Å². The maximum atomic E-state index is 4.85. The molecule has 0 bridgehead atoms. The number of para-hydroxylation sites is 1. The highest BCUT2D eigenvalue weighted by Gasteiger charge is 2.16. The zero-order chi connectivity index (χ0) is 17.2. The number of nitrogens with zero attached hydrogens (tertiary/aromatic N) is 4. The van der Waals surface area contributed by atoms with E-state index < -0.39 is 0 Å². The number of nitrogens with one attached hydrogen (secondary N) is 1. The zero-order valence-corrected chi connectivity index (χ0v) is 15.0.